The van der Waals surface area contributed by atoms with Crippen LogP contribution in [0.25, 0.3) is 11.0 Å². The van der Waals surface area contributed by atoms with Gasteiger partial charge in [-0.25, -0.2) is 4.98 Å². The number of nitrogens with one attached hydrogen (secondary N) is 1. The molecule has 84 valence electrons. The molecule has 0 radical (unpaired) electrons. The Kier molecular flexibility index (Phi) is 2.26. The van der Waals surface area contributed by atoms with Crippen molar-refractivity contribution in [1.82, 2.24) is 15.0 Å². The number of hydrogen-bond donors (Lipinski definition) is 2. The van der Waals surface area contributed by atoms with Crippen LogP contribution in [0.4, 0.5) is 5.69 Å². The molecular formula is C13H12N4. The summed E-state index contributed by atoms with van der Waals surface area (Å²) < 4.78 is 0. The Hall–Kier alpha value is -2.36. The van der Waals surface area contributed by atoms with E-state index in [0.29, 0.717) is 0 Å². The molecule has 0 aliphatic carbocycles. The molecule has 0 spiro atoms. The summed E-state index contributed by atoms with van der Waals surface area (Å²) in [4.78, 5) is 11.8. The predicted molar refractivity (Wildman–Crippen MR) is 67.5 cm³/mol. The highest BCUT2D eigenvalue weighted by Crippen LogP contribution is 2.14. The minimum absolute atomic E-state index is 0.750. The number of nitrogens with two attached hydrogens (primary N) is 1. The van der Waals surface area contributed by atoms with E-state index < -0.39 is 0 Å². The molecule has 3 N–H and O–H groups in total. The van der Waals surface area contributed by atoms with E-state index in [4.69, 9.17) is 5.73 Å². The van der Waals surface area contributed by atoms with Crippen molar-refractivity contribution >= 4 is 16.7 Å². The molecule has 0 aliphatic heterocycles. The quantitative estimate of drug-likeness (QED) is 0.655. The molecule has 0 bridgehead atoms. The van der Waals surface area contributed by atoms with Crippen LogP contribution in [-0.4, -0.2) is 15.0 Å². The number of pyridine rings is 1. The van der Waals surface area contributed by atoms with Gasteiger partial charge in [0, 0.05) is 18.3 Å². The second kappa shape index (κ2) is 3.90. The lowest BCUT2D eigenvalue weighted by Gasteiger charge is -1.99. The smallest absolute Gasteiger partial charge is 0.111 e. The van der Waals surface area contributed by atoms with Crippen LogP contribution in [0.1, 0.15) is 11.4 Å². The number of aromatic nitrogens is 3. The van der Waals surface area contributed by atoms with Crippen molar-refractivity contribution in [3.8, 4) is 0 Å². The molecule has 0 atom stereocenters. The number of nitrogen functional groups attached to an aromatic ring is 1. The van der Waals surface area contributed by atoms with Crippen molar-refractivity contribution in [1.29, 1.82) is 0 Å². The molecule has 0 aliphatic rings. The molecule has 1 aromatic carbocycles. The topological polar surface area (TPSA) is 67.6 Å². The van der Waals surface area contributed by atoms with Gasteiger partial charge in [-0.2, -0.15) is 0 Å². The molecular weight excluding hydrogens is 212 g/mol. The normalized spacial score (nSPS) is 10.8. The predicted octanol–water partition coefficient (Wildman–Crippen LogP) is 2.13. The zero-order chi connectivity index (χ0) is 11.7. The molecule has 3 aromatic rings. The summed E-state index contributed by atoms with van der Waals surface area (Å²) in [6, 6.07) is 9.74. The number of imidazole rings is 1. The highest BCUT2D eigenvalue weighted by atomic mass is 14.9. The fraction of sp³-hybridized carbons (Fsp3) is 0.0769. The van der Waals surface area contributed by atoms with Crippen molar-refractivity contribution < 1.29 is 0 Å². The van der Waals surface area contributed by atoms with Gasteiger partial charge >= 0.3 is 0 Å². The van der Waals surface area contributed by atoms with Crippen molar-refractivity contribution in [3.63, 3.8) is 0 Å². The van der Waals surface area contributed by atoms with Gasteiger partial charge in [-0.05, 0) is 23.8 Å². The summed E-state index contributed by atoms with van der Waals surface area (Å²) in [5, 5.41) is 0. The lowest BCUT2D eigenvalue weighted by Crippen LogP contribution is -1.92. The summed E-state index contributed by atoms with van der Waals surface area (Å²) in [5.74, 6) is 0.929. The van der Waals surface area contributed by atoms with Crippen LogP contribution in [0.15, 0.2) is 42.7 Å². The Labute approximate surface area is 98.5 Å². The average molecular weight is 224 g/mol. The number of fused-ring (bicyclic) bond motifs is 1. The standard InChI is InChI=1S/C13H12N4/c14-10-3-1-2-9(6-10)7-13-16-11-4-5-15-8-12(11)17-13/h1-6,8H,7,14H2,(H,16,17). The largest absolute Gasteiger partial charge is 0.399 e. The van der Waals surface area contributed by atoms with Gasteiger partial charge in [0.05, 0.1) is 17.2 Å². The first-order valence-corrected chi connectivity index (χ1v) is 5.44. The van der Waals surface area contributed by atoms with E-state index in [-0.39, 0.29) is 0 Å². The van der Waals surface area contributed by atoms with E-state index in [9.17, 15) is 0 Å². The van der Waals surface area contributed by atoms with Crippen molar-refractivity contribution in [2.24, 2.45) is 0 Å². The lowest BCUT2D eigenvalue weighted by molar-refractivity contribution is 1.04. The molecule has 0 saturated heterocycles. The molecule has 2 heterocycles. The highest BCUT2D eigenvalue weighted by Gasteiger charge is 2.03. The number of aromatic amines is 1. The first-order chi connectivity index (χ1) is 8.31. The van der Waals surface area contributed by atoms with Crippen LogP contribution in [0.2, 0.25) is 0 Å². The Morgan fingerprint density at radius 1 is 1.24 bits per heavy atom. The summed E-state index contributed by atoms with van der Waals surface area (Å²) >= 11 is 0. The van der Waals surface area contributed by atoms with E-state index in [1.165, 1.54) is 0 Å². The summed E-state index contributed by atoms with van der Waals surface area (Å²) in [5.41, 5.74) is 9.58. The molecule has 17 heavy (non-hydrogen) atoms. The van der Waals surface area contributed by atoms with Gasteiger partial charge in [0.25, 0.3) is 0 Å². The molecule has 0 fully saturated rings. The minimum Gasteiger partial charge on any atom is -0.399 e. The Balaban J connectivity index is 1.94. The van der Waals surface area contributed by atoms with Crippen molar-refractivity contribution in [3.05, 3.63) is 54.1 Å². The van der Waals surface area contributed by atoms with Crippen LogP contribution in [0.3, 0.4) is 0 Å². The van der Waals surface area contributed by atoms with Gasteiger partial charge in [0.2, 0.25) is 0 Å². The summed E-state index contributed by atoms with van der Waals surface area (Å²) in [6.45, 7) is 0. The Bertz CT molecular complexity index is 624. The molecule has 0 saturated carbocycles. The van der Waals surface area contributed by atoms with Gasteiger partial charge < -0.3 is 10.7 Å². The fourth-order valence-corrected chi connectivity index (χ4v) is 1.89. The van der Waals surface area contributed by atoms with Crippen LogP contribution in [0.5, 0.6) is 0 Å². The monoisotopic (exact) mass is 224 g/mol. The number of benzene rings is 1. The van der Waals surface area contributed by atoms with Crippen molar-refractivity contribution in [2.45, 2.75) is 6.42 Å². The maximum Gasteiger partial charge on any atom is 0.111 e. The Morgan fingerprint density at radius 3 is 3.00 bits per heavy atom. The van der Waals surface area contributed by atoms with Crippen molar-refractivity contribution in [2.75, 3.05) is 5.73 Å². The zero-order valence-electron chi connectivity index (χ0n) is 9.22. The van der Waals surface area contributed by atoms with E-state index in [0.717, 1.165) is 34.5 Å². The Morgan fingerprint density at radius 2 is 2.18 bits per heavy atom. The fourth-order valence-electron chi connectivity index (χ4n) is 1.89. The minimum atomic E-state index is 0.750. The SMILES string of the molecule is Nc1cccc(Cc2nc3ccncc3[nH]2)c1. The lowest BCUT2D eigenvalue weighted by atomic mass is 10.1. The van der Waals surface area contributed by atoms with Gasteiger partial charge in [-0.3, -0.25) is 4.98 Å². The number of hydrogen-bond acceptors (Lipinski definition) is 3. The molecule has 4 nitrogen and oxygen atoms in total. The number of anilines is 1. The van der Waals surface area contributed by atoms with Gasteiger partial charge in [0.1, 0.15) is 5.82 Å². The van der Waals surface area contributed by atoms with E-state index >= 15 is 0 Å². The van der Waals surface area contributed by atoms with Crippen LogP contribution < -0.4 is 5.73 Å². The zero-order valence-corrected chi connectivity index (χ0v) is 9.22. The highest BCUT2D eigenvalue weighted by molar-refractivity contribution is 5.73. The third-order valence-corrected chi connectivity index (χ3v) is 2.66. The molecule has 4 heteroatoms. The molecule has 0 amide bonds. The molecule has 2 aromatic heterocycles. The van der Waals surface area contributed by atoms with Crippen LogP contribution in [0, 0.1) is 0 Å². The second-order valence-corrected chi connectivity index (χ2v) is 4.00. The van der Waals surface area contributed by atoms with E-state index in [1.807, 2.05) is 30.3 Å². The molecule has 0 unspecified atom stereocenters. The first-order valence-electron chi connectivity index (χ1n) is 5.44. The van der Waals surface area contributed by atoms with Crippen LogP contribution in [-0.2, 0) is 6.42 Å². The number of rotatable bonds is 2. The number of nitrogens with zero attached hydrogens (tertiary/aromatic N) is 2. The van der Waals surface area contributed by atoms with Gasteiger partial charge in [-0.1, -0.05) is 12.1 Å². The van der Waals surface area contributed by atoms with E-state index in [2.05, 4.69) is 15.0 Å². The van der Waals surface area contributed by atoms with Gasteiger partial charge in [0.15, 0.2) is 0 Å². The van der Waals surface area contributed by atoms with Crippen LogP contribution >= 0.6 is 0 Å². The summed E-state index contributed by atoms with van der Waals surface area (Å²) in [7, 11) is 0. The third-order valence-electron chi connectivity index (χ3n) is 2.66. The van der Waals surface area contributed by atoms with Gasteiger partial charge in [-0.15, -0.1) is 0 Å². The summed E-state index contributed by atoms with van der Waals surface area (Å²) in [6.07, 6.45) is 4.28. The first kappa shape index (κ1) is 9.84. The average Bonchev–Trinajstić information content (AvgIpc) is 2.71. The molecule has 3 rings (SSSR count). The maximum absolute atomic E-state index is 5.75. The second-order valence-electron chi connectivity index (χ2n) is 4.00. The van der Waals surface area contributed by atoms with E-state index in [1.54, 1.807) is 12.4 Å². The number of H-pyrrole nitrogens is 1. The maximum atomic E-state index is 5.75. The third kappa shape index (κ3) is 1.97.